The van der Waals surface area contributed by atoms with E-state index in [1.54, 1.807) is 19.1 Å². The molecular formula is C23H24N2O6S. The van der Waals surface area contributed by atoms with Crippen LogP contribution < -0.4 is 24.8 Å². The lowest BCUT2D eigenvalue weighted by Crippen LogP contribution is -2.45. The third-order valence-electron chi connectivity index (χ3n) is 4.69. The zero-order chi connectivity index (χ0) is 23.3. The molecule has 0 radical (unpaired) electrons. The maximum Gasteiger partial charge on any atom is 0.338 e. The molecule has 0 spiro atoms. The second kappa shape index (κ2) is 10.1. The van der Waals surface area contributed by atoms with Crippen molar-refractivity contribution in [2.75, 3.05) is 20.8 Å². The van der Waals surface area contributed by atoms with Gasteiger partial charge in [-0.3, -0.25) is 4.79 Å². The Labute approximate surface area is 191 Å². The molecule has 2 aromatic carbocycles. The highest BCUT2D eigenvalue weighted by molar-refractivity contribution is 7.80. The van der Waals surface area contributed by atoms with Crippen molar-refractivity contribution in [1.29, 1.82) is 0 Å². The summed E-state index contributed by atoms with van der Waals surface area (Å²) >= 11 is 5.43. The quantitative estimate of drug-likeness (QED) is 0.370. The summed E-state index contributed by atoms with van der Waals surface area (Å²) < 4.78 is 21.5. The van der Waals surface area contributed by atoms with Crippen LogP contribution in [0.5, 0.6) is 17.2 Å². The Morgan fingerprint density at radius 2 is 1.69 bits per heavy atom. The summed E-state index contributed by atoms with van der Waals surface area (Å²) in [5, 5.41) is 6.55. The van der Waals surface area contributed by atoms with Crippen LogP contribution in [-0.4, -0.2) is 37.9 Å². The van der Waals surface area contributed by atoms with Crippen LogP contribution in [0.1, 0.15) is 31.0 Å². The molecule has 3 rings (SSSR count). The Kier molecular flexibility index (Phi) is 7.32. The molecule has 0 amide bonds. The van der Waals surface area contributed by atoms with Gasteiger partial charge in [-0.25, -0.2) is 4.79 Å². The van der Waals surface area contributed by atoms with E-state index in [-0.39, 0.29) is 23.9 Å². The highest BCUT2D eigenvalue weighted by Crippen LogP contribution is 2.42. The Bertz CT molecular complexity index is 1040. The Hall–Kier alpha value is -3.59. The summed E-state index contributed by atoms with van der Waals surface area (Å²) in [5.41, 5.74) is 2.27. The second-order valence-corrected chi connectivity index (χ2v) is 7.16. The van der Waals surface area contributed by atoms with Crippen LogP contribution in [0.15, 0.2) is 48.0 Å². The Morgan fingerprint density at radius 3 is 2.22 bits per heavy atom. The standard InChI is InChI=1S/C23H24N2O6S/c1-5-30-22(27)18-19(14-9-7-6-8-10-14)24-23(32)25-20(18)15-11-16(28-3)21(31-13(2)26)17(12-15)29-4/h6-12,20H,5H2,1-4H3,(H2,24,25,32). The smallest absolute Gasteiger partial charge is 0.338 e. The maximum absolute atomic E-state index is 13.1. The van der Waals surface area contributed by atoms with E-state index in [2.05, 4.69) is 10.6 Å². The first kappa shape index (κ1) is 23.1. The van der Waals surface area contributed by atoms with Gasteiger partial charge >= 0.3 is 11.9 Å². The molecule has 0 saturated heterocycles. The fourth-order valence-electron chi connectivity index (χ4n) is 3.39. The lowest BCUT2D eigenvalue weighted by molar-refractivity contribution is -0.139. The highest BCUT2D eigenvalue weighted by Gasteiger charge is 2.34. The lowest BCUT2D eigenvalue weighted by atomic mass is 9.92. The van der Waals surface area contributed by atoms with Gasteiger partial charge in [0, 0.05) is 6.92 Å². The van der Waals surface area contributed by atoms with Crippen LogP contribution in [0.4, 0.5) is 0 Å². The van der Waals surface area contributed by atoms with Crippen molar-refractivity contribution in [1.82, 2.24) is 10.6 Å². The molecule has 1 atom stereocenters. The van der Waals surface area contributed by atoms with Gasteiger partial charge in [-0.2, -0.15) is 0 Å². The number of thiocarbonyl (C=S) groups is 1. The second-order valence-electron chi connectivity index (χ2n) is 6.75. The molecule has 0 bridgehead atoms. The molecular weight excluding hydrogens is 432 g/mol. The van der Waals surface area contributed by atoms with Crippen LogP contribution >= 0.6 is 12.2 Å². The number of hydrogen-bond acceptors (Lipinski definition) is 7. The summed E-state index contributed by atoms with van der Waals surface area (Å²) in [4.78, 5) is 24.6. The SMILES string of the molecule is CCOC(=O)C1=C(c2ccccc2)NC(=S)NC1c1cc(OC)c(OC(C)=O)c(OC)c1. The van der Waals surface area contributed by atoms with Crippen LogP contribution in [0.25, 0.3) is 5.70 Å². The number of rotatable bonds is 7. The van der Waals surface area contributed by atoms with Crippen LogP contribution in [0.3, 0.4) is 0 Å². The first-order valence-corrected chi connectivity index (χ1v) is 10.3. The van der Waals surface area contributed by atoms with Crippen LogP contribution in [0, 0.1) is 0 Å². The van der Waals surface area contributed by atoms with Gasteiger partial charge in [0.25, 0.3) is 0 Å². The van der Waals surface area contributed by atoms with E-state index in [1.807, 2.05) is 30.3 Å². The number of carbonyl (C=O) groups excluding carboxylic acids is 2. The van der Waals surface area contributed by atoms with Crippen molar-refractivity contribution in [2.45, 2.75) is 19.9 Å². The van der Waals surface area contributed by atoms with Gasteiger partial charge in [0.15, 0.2) is 16.6 Å². The predicted molar refractivity (Wildman–Crippen MR) is 122 cm³/mol. The minimum atomic E-state index is -0.674. The molecule has 8 nitrogen and oxygen atoms in total. The van der Waals surface area contributed by atoms with Crippen molar-refractivity contribution in [3.63, 3.8) is 0 Å². The molecule has 32 heavy (non-hydrogen) atoms. The van der Waals surface area contributed by atoms with Gasteiger partial charge in [-0.1, -0.05) is 30.3 Å². The average molecular weight is 457 g/mol. The van der Waals surface area contributed by atoms with Gasteiger partial charge in [0.2, 0.25) is 5.75 Å². The number of benzene rings is 2. The summed E-state index contributed by atoms with van der Waals surface area (Å²) in [6.07, 6.45) is 0. The number of ether oxygens (including phenoxy) is 4. The number of hydrogen-bond donors (Lipinski definition) is 2. The van der Waals surface area contributed by atoms with Crippen LogP contribution in [-0.2, 0) is 14.3 Å². The first-order chi connectivity index (χ1) is 15.4. The van der Waals surface area contributed by atoms with Gasteiger partial charge in [0.1, 0.15) is 0 Å². The number of methoxy groups -OCH3 is 2. The van der Waals surface area contributed by atoms with E-state index in [0.717, 1.165) is 5.56 Å². The number of nitrogens with one attached hydrogen (secondary N) is 2. The molecule has 0 fully saturated rings. The number of esters is 2. The largest absolute Gasteiger partial charge is 0.493 e. The van der Waals surface area contributed by atoms with E-state index < -0.39 is 18.0 Å². The molecule has 1 heterocycles. The van der Waals surface area contributed by atoms with Crippen molar-refractivity contribution in [2.24, 2.45) is 0 Å². The fourth-order valence-corrected chi connectivity index (χ4v) is 3.61. The third-order valence-corrected chi connectivity index (χ3v) is 4.91. The molecule has 0 aromatic heterocycles. The molecule has 9 heteroatoms. The van der Waals surface area contributed by atoms with Crippen LogP contribution in [0.2, 0.25) is 0 Å². The van der Waals surface area contributed by atoms with Gasteiger partial charge in [-0.15, -0.1) is 0 Å². The topological polar surface area (TPSA) is 95.1 Å². The summed E-state index contributed by atoms with van der Waals surface area (Å²) in [7, 11) is 2.90. The molecule has 1 unspecified atom stereocenters. The summed E-state index contributed by atoms with van der Waals surface area (Å²) in [6.45, 7) is 3.23. The van der Waals surface area contributed by atoms with Gasteiger partial charge < -0.3 is 29.6 Å². The minimum Gasteiger partial charge on any atom is -0.493 e. The molecule has 1 aliphatic heterocycles. The normalized spacial score (nSPS) is 15.4. The lowest BCUT2D eigenvalue weighted by Gasteiger charge is -2.31. The molecule has 2 N–H and O–H groups in total. The zero-order valence-corrected chi connectivity index (χ0v) is 19.0. The predicted octanol–water partition coefficient (Wildman–Crippen LogP) is 3.12. The van der Waals surface area contributed by atoms with Gasteiger partial charge in [0.05, 0.1) is 38.1 Å². The summed E-state index contributed by atoms with van der Waals surface area (Å²) in [6, 6.07) is 12.0. The summed E-state index contributed by atoms with van der Waals surface area (Å²) in [5.74, 6) is -0.335. The maximum atomic E-state index is 13.1. The number of carbonyl (C=O) groups is 2. The van der Waals surface area contributed by atoms with E-state index in [4.69, 9.17) is 31.2 Å². The molecule has 2 aromatic rings. The van der Waals surface area contributed by atoms with E-state index in [0.29, 0.717) is 21.9 Å². The average Bonchev–Trinajstić information content (AvgIpc) is 2.78. The fraction of sp³-hybridized carbons (Fsp3) is 0.261. The Balaban J connectivity index is 2.23. The molecule has 168 valence electrons. The monoisotopic (exact) mass is 456 g/mol. The van der Waals surface area contributed by atoms with Crippen molar-refractivity contribution in [3.8, 4) is 17.2 Å². The van der Waals surface area contributed by atoms with Gasteiger partial charge in [-0.05, 0) is 42.4 Å². The third kappa shape index (κ3) is 4.83. The van der Waals surface area contributed by atoms with Crippen molar-refractivity contribution >= 4 is 35.0 Å². The Morgan fingerprint density at radius 1 is 1.06 bits per heavy atom. The molecule has 1 aliphatic rings. The van der Waals surface area contributed by atoms with Crippen molar-refractivity contribution < 1.29 is 28.5 Å². The molecule has 0 aliphatic carbocycles. The zero-order valence-electron chi connectivity index (χ0n) is 18.2. The first-order valence-electron chi connectivity index (χ1n) is 9.88. The highest BCUT2D eigenvalue weighted by atomic mass is 32.1. The molecule has 0 saturated carbocycles. The van der Waals surface area contributed by atoms with E-state index >= 15 is 0 Å². The van der Waals surface area contributed by atoms with E-state index in [9.17, 15) is 9.59 Å². The minimum absolute atomic E-state index is 0.146. The van der Waals surface area contributed by atoms with Crippen molar-refractivity contribution in [3.05, 3.63) is 59.2 Å². The van der Waals surface area contributed by atoms with E-state index in [1.165, 1.54) is 21.1 Å².